The highest BCUT2D eigenvalue weighted by Crippen LogP contribution is 2.48. The van der Waals surface area contributed by atoms with Gasteiger partial charge < -0.3 is 9.47 Å². The van der Waals surface area contributed by atoms with Gasteiger partial charge in [-0.15, -0.1) is 11.3 Å². The number of hydrogen-bond donors (Lipinski definition) is 0. The molecule has 33 heavy (non-hydrogen) atoms. The van der Waals surface area contributed by atoms with E-state index in [0.29, 0.717) is 18.4 Å². The van der Waals surface area contributed by atoms with Gasteiger partial charge in [-0.05, 0) is 74.1 Å². The zero-order valence-electron chi connectivity index (χ0n) is 19.1. The maximum atomic E-state index is 13.6. The van der Waals surface area contributed by atoms with Crippen LogP contribution >= 0.6 is 11.3 Å². The molecule has 1 aromatic carbocycles. The molecule has 2 aliphatic carbocycles. The molecule has 0 radical (unpaired) electrons. The number of hydrogen-bond acceptors (Lipinski definition) is 6. The molecule has 6 heteroatoms. The highest BCUT2D eigenvalue weighted by molar-refractivity contribution is 7.10. The first-order valence-electron chi connectivity index (χ1n) is 11.7. The van der Waals surface area contributed by atoms with Crippen molar-refractivity contribution >= 4 is 28.8 Å². The van der Waals surface area contributed by atoms with Crippen LogP contribution in [0.3, 0.4) is 0 Å². The number of allylic oxidation sites excluding steroid dienone is 2. The number of ether oxygens (including phenoxy) is 2. The monoisotopic (exact) mass is 463 g/mol. The molecule has 1 aliphatic heterocycles. The second-order valence-electron chi connectivity index (χ2n) is 9.23. The highest BCUT2D eigenvalue weighted by Gasteiger charge is 2.45. The Bertz CT molecular complexity index is 1110. The highest BCUT2D eigenvalue weighted by atomic mass is 32.1. The zero-order valence-corrected chi connectivity index (χ0v) is 19.9. The molecular weight excluding hydrogens is 434 g/mol. The Morgan fingerprint density at radius 1 is 1.12 bits per heavy atom. The molecule has 2 aromatic rings. The first-order valence-corrected chi connectivity index (χ1v) is 12.6. The second-order valence-corrected chi connectivity index (χ2v) is 10.2. The van der Waals surface area contributed by atoms with Crippen LogP contribution < -0.4 is 4.74 Å². The minimum atomic E-state index is -0.541. The topological polar surface area (TPSA) is 65.0 Å². The molecule has 1 saturated carbocycles. The van der Waals surface area contributed by atoms with E-state index in [-0.39, 0.29) is 29.7 Å². The van der Waals surface area contributed by atoms with Gasteiger partial charge in [0.15, 0.2) is 5.78 Å². The first-order chi connectivity index (χ1) is 16.0. The summed E-state index contributed by atoms with van der Waals surface area (Å²) in [5.41, 5.74) is 3.35. The normalized spacial score (nSPS) is 25.6. The number of ketones is 1. The van der Waals surface area contributed by atoms with Crippen molar-refractivity contribution in [3.05, 3.63) is 63.5 Å². The fraction of sp³-hybridized carbons (Fsp3) is 0.444. The number of benzene rings is 1. The van der Waals surface area contributed by atoms with E-state index in [1.807, 2.05) is 48.7 Å². The molecule has 3 aliphatic rings. The van der Waals surface area contributed by atoms with Gasteiger partial charge in [-0.3, -0.25) is 14.6 Å². The molecule has 0 N–H and O–H groups in total. The molecule has 3 atom stereocenters. The zero-order chi connectivity index (χ0) is 22.9. The van der Waals surface area contributed by atoms with E-state index in [0.717, 1.165) is 53.3 Å². The molecule has 0 spiro atoms. The average molecular weight is 464 g/mol. The van der Waals surface area contributed by atoms with Crippen LogP contribution in [-0.4, -0.2) is 30.7 Å². The number of aliphatic imine (C=N–C) groups is 1. The summed E-state index contributed by atoms with van der Waals surface area (Å²) in [6.07, 6.45) is 5.13. The summed E-state index contributed by atoms with van der Waals surface area (Å²) in [4.78, 5) is 32.8. The van der Waals surface area contributed by atoms with Gasteiger partial charge in [0.25, 0.3) is 0 Å². The predicted octanol–water partition coefficient (Wildman–Crippen LogP) is 5.82. The van der Waals surface area contributed by atoms with Crippen molar-refractivity contribution in [2.75, 3.05) is 7.11 Å². The van der Waals surface area contributed by atoms with Gasteiger partial charge in [0, 0.05) is 34.2 Å². The number of methoxy groups -OCH3 is 1. The lowest BCUT2D eigenvalue weighted by atomic mass is 9.71. The summed E-state index contributed by atoms with van der Waals surface area (Å²) in [6, 6.07) is 11.9. The molecule has 5 nitrogen and oxygen atoms in total. The van der Waals surface area contributed by atoms with Crippen molar-refractivity contribution in [2.24, 2.45) is 10.9 Å². The smallest absolute Gasteiger partial charge is 0.315 e. The minimum Gasteiger partial charge on any atom is -0.497 e. The maximum Gasteiger partial charge on any atom is 0.315 e. The number of carbonyl (C=O) groups is 2. The SMILES string of the molecule is COc1cccc([C@@H]2CC(=O)C3=C(C2)N=C(C)C(C(=O)OC2CCCC2)[C@@H]3c2cccs2)c1. The number of thiophene rings is 1. The Kier molecular flexibility index (Phi) is 6.19. The summed E-state index contributed by atoms with van der Waals surface area (Å²) in [6.45, 7) is 1.91. The minimum absolute atomic E-state index is 0.0100. The van der Waals surface area contributed by atoms with Crippen molar-refractivity contribution in [3.8, 4) is 5.75 Å². The predicted molar refractivity (Wildman–Crippen MR) is 129 cm³/mol. The molecule has 0 saturated heterocycles. The van der Waals surface area contributed by atoms with Gasteiger partial charge in [0.2, 0.25) is 0 Å². The Balaban J connectivity index is 1.50. The van der Waals surface area contributed by atoms with Crippen LogP contribution in [0.4, 0.5) is 0 Å². The maximum absolute atomic E-state index is 13.6. The summed E-state index contributed by atoms with van der Waals surface area (Å²) in [5.74, 6) is -0.179. The largest absolute Gasteiger partial charge is 0.497 e. The van der Waals surface area contributed by atoms with Gasteiger partial charge in [0.1, 0.15) is 17.8 Å². The number of nitrogens with zero attached hydrogens (tertiary/aromatic N) is 1. The molecule has 0 bridgehead atoms. The van der Waals surface area contributed by atoms with Crippen molar-refractivity contribution < 1.29 is 19.1 Å². The number of carbonyl (C=O) groups excluding carboxylic acids is 2. The van der Waals surface area contributed by atoms with Gasteiger partial charge >= 0.3 is 5.97 Å². The van der Waals surface area contributed by atoms with E-state index in [2.05, 4.69) is 0 Å². The van der Waals surface area contributed by atoms with Crippen molar-refractivity contribution in [1.82, 2.24) is 0 Å². The molecule has 1 fully saturated rings. The lowest BCUT2D eigenvalue weighted by Crippen LogP contribution is -2.38. The van der Waals surface area contributed by atoms with Gasteiger partial charge in [-0.2, -0.15) is 0 Å². The Labute approximate surface area is 198 Å². The van der Waals surface area contributed by atoms with Crippen molar-refractivity contribution in [1.29, 1.82) is 0 Å². The third-order valence-corrected chi connectivity index (χ3v) is 8.10. The molecule has 1 unspecified atom stereocenters. The molecule has 2 heterocycles. The van der Waals surface area contributed by atoms with E-state index in [4.69, 9.17) is 14.5 Å². The van der Waals surface area contributed by atoms with Crippen LogP contribution in [0, 0.1) is 5.92 Å². The average Bonchev–Trinajstić information content (AvgIpc) is 3.52. The van der Waals surface area contributed by atoms with Gasteiger partial charge in [0.05, 0.1) is 7.11 Å². The number of Topliss-reactive ketones (excluding diaryl/α,β-unsaturated/α-hetero) is 1. The van der Waals surface area contributed by atoms with Crippen molar-refractivity contribution in [2.45, 2.75) is 63.4 Å². The number of esters is 1. The van der Waals surface area contributed by atoms with E-state index in [9.17, 15) is 9.59 Å². The third-order valence-electron chi connectivity index (χ3n) is 7.14. The van der Waals surface area contributed by atoms with Gasteiger partial charge in [-0.1, -0.05) is 18.2 Å². The van der Waals surface area contributed by atoms with Gasteiger partial charge in [-0.25, -0.2) is 0 Å². The molecule has 0 amide bonds. The fourth-order valence-corrected chi connectivity index (χ4v) is 6.39. The van der Waals surface area contributed by atoms with Crippen LogP contribution in [-0.2, 0) is 14.3 Å². The van der Waals surface area contributed by atoms with E-state index in [1.165, 1.54) is 0 Å². The van der Waals surface area contributed by atoms with Crippen LogP contribution in [0.25, 0.3) is 0 Å². The quantitative estimate of drug-likeness (QED) is 0.524. The summed E-state index contributed by atoms with van der Waals surface area (Å²) >= 11 is 1.59. The van der Waals surface area contributed by atoms with Crippen LogP contribution in [0.2, 0.25) is 0 Å². The Morgan fingerprint density at radius 2 is 1.94 bits per heavy atom. The molecule has 5 rings (SSSR count). The molecule has 1 aromatic heterocycles. The lowest BCUT2D eigenvalue weighted by molar-refractivity contribution is -0.151. The molecule has 172 valence electrons. The lowest BCUT2D eigenvalue weighted by Gasteiger charge is -2.36. The number of rotatable bonds is 5. The molecular formula is C27H29NO4S. The summed E-state index contributed by atoms with van der Waals surface area (Å²) in [5, 5.41) is 2.00. The second kappa shape index (κ2) is 9.26. The Hall–Kier alpha value is -2.73. The van der Waals surface area contributed by atoms with E-state index in [1.54, 1.807) is 18.4 Å². The summed E-state index contributed by atoms with van der Waals surface area (Å²) < 4.78 is 11.3. The van der Waals surface area contributed by atoms with E-state index < -0.39 is 5.92 Å². The standard InChI is InChI=1S/C27H29NO4S/c1-16-24(27(30)32-19-8-3-4-9-19)26(23-11-6-12-33-23)25-21(28-16)14-18(15-22(25)29)17-7-5-10-20(13-17)31-2/h5-7,10-13,18-19,24,26H,3-4,8-9,14-15H2,1-2H3/t18-,24?,26-/m0/s1. The summed E-state index contributed by atoms with van der Waals surface area (Å²) in [7, 11) is 1.65. The fourth-order valence-electron chi connectivity index (χ4n) is 5.52. The first kappa shape index (κ1) is 22.1. The van der Waals surface area contributed by atoms with Crippen LogP contribution in [0.5, 0.6) is 5.75 Å². The van der Waals surface area contributed by atoms with Crippen LogP contribution in [0.15, 0.2) is 58.0 Å². The Morgan fingerprint density at radius 3 is 2.67 bits per heavy atom. The van der Waals surface area contributed by atoms with Crippen molar-refractivity contribution in [3.63, 3.8) is 0 Å². The third kappa shape index (κ3) is 4.29. The van der Waals surface area contributed by atoms with E-state index >= 15 is 0 Å². The van der Waals surface area contributed by atoms with Crippen LogP contribution in [0.1, 0.15) is 67.7 Å².